The van der Waals surface area contributed by atoms with E-state index in [1.807, 2.05) is 30.0 Å². The van der Waals surface area contributed by atoms with E-state index < -0.39 is 12.5 Å². The molecule has 8 nitrogen and oxygen atoms in total. The summed E-state index contributed by atoms with van der Waals surface area (Å²) in [5.74, 6) is 1.20. The highest BCUT2D eigenvalue weighted by atomic mass is 35.5. The summed E-state index contributed by atoms with van der Waals surface area (Å²) in [7, 11) is 0. The van der Waals surface area contributed by atoms with Gasteiger partial charge in [-0.15, -0.1) is 0 Å². The number of aromatic amines is 1. The second kappa shape index (κ2) is 9.90. The van der Waals surface area contributed by atoms with E-state index >= 15 is 0 Å². The molecule has 0 saturated carbocycles. The molecule has 3 aromatic heterocycles. The molecule has 39 heavy (non-hydrogen) atoms. The summed E-state index contributed by atoms with van der Waals surface area (Å²) >= 11 is 12.6. The van der Waals surface area contributed by atoms with Crippen molar-refractivity contribution in [1.82, 2.24) is 25.1 Å². The molecule has 12 heteroatoms. The van der Waals surface area contributed by atoms with Crippen molar-refractivity contribution in [2.24, 2.45) is 5.41 Å². The summed E-state index contributed by atoms with van der Waals surface area (Å²) in [5.41, 5.74) is 3.23. The van der Waals surface area contributed by atoms with Gasteiger partial charge in [-0.2, -0.15) is 10.4 Å². The number of hydrogen-bond donors (Lipinski definition) is 1. The average Bonchev–Trinajstić information content (AvgIpc) is 3.27. The molecule has 0 bridgehead atoms. The highest BCUT2D eigenvalue weighted by Gasteiger charge is 2.52. The van der Waals surface area contributed by atoms with Crippen molar-refractivity contribution in [2.45, 2.75) is 19.5 Å². The van der Waals surface area contributed by atoms with Gasteiger partial charge in [-0.3, -0.25) is 15.0 Å². The van der Waals surface area contributed by atoms with Crippen LogP contribution in [-0.2, 0) is 0 Å². The fourth-order valence-corrected chi connectivity index (χ4v) is 6.29. The second-order valence-electron chi connectivity index (χ2n) is 10.2. The van der Waals surface area contributed by atoms with Gasteiger partial charge in [0.2, 0.25) is 0 Å². The van der Waals surface area contributed by atoms with E-state index in [9.17, 15) is 14.0 Å². The number of aromatic nitrogens is 4. The van der Waals surface area contributed by atoms with E-state index in [0.29, 0.717) is 70.2 Å². The van der Waals surface area contributed by atoms with Crippen molar-refractivity contribution in [2.75, 3.05) is 37.6 Å². The molecule has 2 aliphatic heterocycles. The molecular formula is C27H23Cl2F2N7O. The number of ether oxygens (including phenoxy) is 1. The van der Waals surface area contributed by atoms with E-state index in [0.717, 1.165) is 10.9 Å². The third-order valence-electron chi connectivity index (χ3n) is 7.27. The summed E-state index contributed by atoms with van der Waals surface area (Å²) < 4.78 is 31.4. The number of halogens is 4. The molecule has 4 aromatic rings. The lowest BCUT2D eigenvalue weighted by molar-refractivity contribution is -0.0515. The lowest BCUT2D eigenvalue weighted by Gasteiger charge is -2.60. The number of benzene rings is 1. The molecule has 1 N–H and O–H groups in total. The first-order valence-corrected chi connectivity index (χ1v) is 13.1. The minimum atomic E-state index is -2.32. The summed E-state index contributed by atoms with van der Waals surface area (Å²) in [4.78, 5) is 12.4. The maximum Gasteiger partial charge on any atom is 0.251 e. The molecule has 1 aromatic carbocycles. The number of nitrogens with zero attached hydrogens (tertiary/aromatic N) is 6. The van der Waals surface area contributed by atoms with Crippen LogP contribution >= 0.6 is 23.2 Å². The largest absolute Gasteiger partial charge is 0.486 e. The SMILES string of the molecule is CC(Oc1ccc2[nH]nc(-c3cnc(N4CC5(CN(CC(F)F)C5)C4)c(C#N)c3)c2c1)c1c(Cl)cncc1Cl. The Morgan fingerprint density at radius 1 is 1.13 bits per heavy atom. The third-order valence-corrected chi connectivity index (χ3v) is 7.87. The van der Waals surface area contributed by atoms with E-state index in [2.05, 4.69) is 26.2 Å². The predicted octanol–water partition coefficient (Wildman–Crippen LogP) is 5.73. The first kappa shape index (κ1) is 25.7. The van der Waals surface area contributed by atoms with Gasteiger partial charge in [-0.1, -0.05) is 23.2 Å². The number of fused-ring (bicyclic) bond motifs is 1. The van der Waals surface area contributed by atoms with Crippen LogP contribution in [-0.4, -0.2) is 64.2 Å². The van der Waals surface area contributed by atoms with Crippen molar-refractivity contribution < 1.29 is 13.5 Å². The maximum atomic E-state index is 12.6. The monoisotopic (exact) mass is 569 g/mol. The van der Waals surface area contributed by atoms with Gasteiger partial charge < -0.3 is 9.64 Å². The number of anilines is 1. The molecule has 0 amide bonds. The number of rotatable bonds is 7. The van der Waals surface area contributed by atoms with Crippen LogP contribution in [0.2, 0.25) is 10.0 Å². The average molecular weight is 570 g/mol. The second-order valence-corrected chi connectivity index (χ2v) is 11.0. The molecule has 200 valence electrons. The standard InChI is InChI=1S/C27H23Cl2F2N7O/c1-15(24-20(28)8-33-9-21(24)29)39-18-2-3-22-19(5-18)25(36-35-22)17-4-16(6-32)26(34-7-17)38-13-27(14-38)11-37(12-27)10-23(30)31/h2-5,7-9,15,23H,10-14H2,1H3,(H,35,36). The fraction of sp³-hybridized carbons (Fsp3) is 0.333. The molecule has 0 aliphatic carbocycles. The summed E-state index contributed by atoms with van der Waals surface area (Å²) in [6.07, 6.45) is 2.01. The Balaban J connectivity index is 1.21. The van der Waals surface area contributed by atoms with Gasteiger partial charge in [0, 0.05) is 66.7 Å². The van der Waals surface area contributed by atoms with Crippen molar-refractivity contribution >= 4 is 39.9 Å². The van der Waals surface area contributed by atoms with Crippen LogP contribution in [0.1, 0.15) is 24.2 Å². The Morgan fingerprint density at radius 3 is 2.56 bits per heavy atom. The lowest BCUT2D eigenvalue weighted by atomic mass is 9.72. The Labute approximate surface area is 233 Å². The summed E-state index contributed by atoms with van der Waals surface area (Å²) in [5, 5.41) is 19.0. The van der Waals surface area contributed by atoms with Crippen molar-refractivity contribution in [1.29, 1.82) is 5.26 Å². The molecule has 2 fully saturated rings. The van der Waals surface area contributed by atoms with Gasteiger partial charge in [-0.05, 0) is 31.2 Å². The van der Waals surface area contributed by atoms with Gasteiger partial charge >= 0.3 is 0 Å². The zero-order valence-corrected chi connectivity index (χ0v) is 22.3. The summed E-state index contributed by atoms with van der Waals surface area (Å²) in [6, 6.07) is 9.59. The van der Waals surface area contributed by atoms with Crippen LogP contribution in [0.25, 0.3) is 22.2 Å². The Hall–Kier alpha value is -3.52. The molecular weight excluding hydrogens is 547 g/mol. The van der Waals surface area contributed by atoms with E-state index in [1.54, 1.807) is 17.2 Å². The van der Waals surface area contributed by atoms with E-state index in [-0.39, 0.29) is 12.0 Å². The highest BCUT2D eigenvalue weighted by Crippen LogP contribution is 2.43. The normalized spacial score (nSPS) is 17.2. The van der Waals surface area contributed by atoms with Crippen molar-refractivity contribution in [3.63, 3.8) is 0 Å². The van der Waals surface area contributed by atoms with Gasteiger partial charge in [-0.25, -0.2) is 13.8 Å². The topological polar surface area (TPSA) is 94.0 Å². The predicted molar refractivity (Wildman–Crippen MR) is 144 cm³/mol. The number of H-pyrrole nitrogens is 1. The maximum absolute atomic E-state index is 12.6. The van der Waals surface area contributed by atoms with Gasteiger partial charge in [0.15, 0.2) is 0 Å². The molecule has 1 unspecified atom stereocenters. The number of nitrogens with one attached hydrogen (secondary N) is 1. The van der Waals surface area contributed by atoms with Gasteiger partial charge in [0.25, 0.3) is 6.43 Å². The van der Waals surface area contributed by atoms with Crippen LogP contribution < -0.4 is 9.64 Å². The molecule has 5 heterocycles. The number of alkyl halides is 2. The quantitative estimate of drug-likeness (QED) is 0.304. The molecule has 2 aliphatic rings. The minimum Gasteiger partial charge on any atom is -0.486 e. The lowest BCUT2D eigenvalue weighted by Crippen LogP contribution is -2.72. The zero-order valence-electron chi connectivity index (χ0n) is 20.8. The van der Waals surface area contributed by atoms with Crippen molar-refractivity contribution in [3.05, 3.63) is 64.0 Å². The van der Waals surface area contributed by atoms with Gasteiger partial charge in [0.05, 0.1) is 27.7 Å². The smallest absolute Gasteiger partial charge is 0.251 e. The zero-order chi connectivity index (χ0) is 27.3. The van der Waals surface area contributed by atoms with E-state index in [4.69, 9.17) is 27.9 Å². The Morgan fingerprint density at radius 2 is 1.87 bits per heavy atom. The number of pyridine rings is 2. The molecule has 1 atom stereocenters. The van der Waals surface area contributed by atoms with E-state index in [1.165, 1.54) is 12.4 Å². The third kappa shape index (κ3) is 4.75. The van der Waals surface area contributed by atoms with Crippen LogP contribution in [0.5, 0.6) is 5.75 Å². The molecule has 2 saturated heterocycles. The number of hydrogen-bond acceptors (Lipinski definition) is 7. The molecule has 1 spiro atoms. The van der Waals surface area contributed by atoms with Crippen molar-refractivity contribution in [3.8, 4) is 23.1 Å². The Bertz CT molecular complexity index is 1570. The molecule has 6 rings (SSSR count). The molecule has 0 radical (unpaired) electrons. The first-order chi connectivity index (χ1) is 18.7. The summed E-state index contributed by atoms with van der Waals surface area (Å²) in [6.45, 7) is 4.36. The minimum absolute atomic E-state index is 0.0125. The van der Waals surface area contributed by atoms with Gasteiger partial charge in [0.1, 0.15) is 29.4 Å². The fourth-order valence-electron chi connectivity index (χ4n) is 5.62. The van der Waals surface area contributed by atoms with Crippen LogP contribution in [0.15, 0.2) is 42.9 Å². The van der Waals surface area contributed by atoms with Crippen LogP contribution in [0.3, 0.4) is 0 Å². The first-order valence-electron chi connectivity index (χ1n) is 12.3. The Kier molecular flexibility index (Phi) is 6.53. The van der Waals surface area contributed by atoms with Crippen LogP contribution in [0.4, 0.5) is 14.6 Å². The van der Waals surface area contributed by atoms with Crippen LogP contribution in [0, 0.1) is 16.7 Å². The number of likely N-dealkylation sites (tertiary alicyclic amines) is 1. The highest BCUT2D eigenvalue weighted by molar-refractivity contribution is 6.35. The number of nitriles is 1.